The van der Waals surface area contributed by atoms with E-state index in [4.69, 9.17) is 20.8 Å². The average molecular weight is 364 g/mol. The van der Waals surface area contributed by atoms with Crippen LogP contribution in [-0.4, -0.2) is 15.7 Å². The number of carbonyl (C=O) groups is 1. The van der Waals surface area contributed by atoms with Crippen LogP contribution in [0.1, 0.15) is 22.0 Å². The van der Waals surface area contributed by atoms with Gasteiger partial charge < -0.3 is 14.5 Å². The zero-order valence-corrected chi connectivity index (χ0v) is 14.1. The van der Waals surface area contributed by atoms with Gasteiger partial charge in [0.2, 0.25) is 0 Å². The molecule has 3 aromatic rings. The summed E-state index contributed by atoms with van der Waals surface area (Å²) in [6.45, 7) is 0.410. The molecular weight excluding hydrogens is 349 g/mol. The molecule has 0 fully saturated rings. The summed E-state index contributed by atoms with van der Waals surface area (Å²) in [7, 11) is 1.80. The van der Waals surface area contributed by atoms with Crippen molar-refractivity contribution >= 4 is 17.5 Å². The SMILES string of the molecule is Cn1nccc1CNC(=O)c1ccc(COc2ccc(F)cc2Cl)o1. The highest BCUT2D eigenvalue weighted by atomic mass is 35.5. The van der Waals surface area contributed by atoms with Gasteiger partial charge in [-0.25, -0.2) is 4.39 Å². The number of aryl methyl sites for hydroxylation is 1. The fraction of sp³-hybridized carbons (Fsp3) is 0.176. The molecule has 25 heavy (non-hydrogen) atoms. The summed E-state index contributed by atoms with van der Waals surface area (Å²) in [6.07, 6.45) is 1.66. The molecule has 3 rings (SSSR count). The van der Waals surface area contributed by atoms with Gasteiger partial charge in [-0.2, -0.15) is 5.10 Å². The number of aromatic nitrogens is 2. The zero-order chi connectivity index (χ0) is 17.8. The Bertz CT molecular complexity index is 891. The van der Waals surface area contributed by atoms with Crippen LogP contribution in [0.25, 0.3) is 0 Å². The lowest BCUT2D eigenvalue weighted by atomic mass is 10.3. The van der Waals surface area contributed by atoms with E-state index in [1.165, 1.54) is 12.1 Å². The van der Waals surface area contributed by atoms with E-state index in [2.05, 4.69) is 10.4 Å². The Morgan fingerprint density at radius 3 is 2.92 bits per heavy atom. The number of halogens is 2. The van der Waals surface area contributed by atoms with Crippen LogP contribution in [0.5, 0.6) is 5.75 Å². The third kappa shape index (κ3) is 4.19. The minimum absolute atomic E-state index is 0.0698. The lowest BCUT2D eigenvalue weighted by Crippen LogP contribution is -2.23. The van der Waals surface area contributed by atoms with Gasteiger partial charge in [0.1, 0.15) is 23.9 Å². The summed E-state index contributed by atoms with van der Waals surface area (Å²) < 4.78 is 25.6. The molecule has 1 N–H and O–H groups in total. The monoisotopic (exact) mass is 363 g/mol. The third-order valence-electron chi connectivity index (χ3n) is 3.50. The summed E-state index contributed by atoms with van der Waals surface area (Å²) in [4.78, 5) is 12.1. The van der Waals surface area contributed by atoms with Crippen molar-refractivity contribution in [3.05, 3.63) is 70.6 Å². The van der Waals surface area contributed by atoms with Gasteiger partial charge in [0.05, 0.1) is 17.3 Å². The van der Waals surface area contributed by atoms with Crippen molar-refractivity contribution in [3.63, 3.8) is 0 Å². The van der Waals surface area contributed by atoms with E-state index >= 15 is 0 Å². The number of amides is 1. The van der Waals surface area contributed by atoms with Crippen LogP contribution < -0.4 is 10.1 Å². The fourth-order valence-corrected chi connectivity index (χ4v) is 2.37. The quantitative estimate of drug-likeness (QED) is 0.729. The molecule has 0 radical (unpaired) electrons. The van der Waals surface area contributed by atoms with E-state index < -0.39 is 5.82 Å². The second-order valence-electron chi connectivity index (χ2n) is 5.26. The van der Waals surface area contributed by atoms with E-state index in [9.17, 15) is 9.18 Å². The molecule has 0 saturated carbocycles. The Hall–Kier alpha value is -2.80. The molecule has 0 atom stereocenters. The number of ether oxygens (including phenoxy) is 1. The third-order valence-corrected chi connectivity index (χ3v) is 3.80. The lowest BCUT2D eigenvalue weighted by molar-refractivity contribution is 0.0918. The van der Waals surface area contributed by atoms with Crippen molar-refractivity contribution in [2.24, 2.45) is 7.05 Å². The maximum atomic E-state index is 13.0. The van der Waals surface area contributed by atoms with E-state index in [1.54, 1.807) is 30.1 Å². The van der Waals surface area contributed by atoms with E-state index in [-0.39, 0.29) is 23.3 Å². The highest BCUT2D eigenvalue weighted by Crippen LogP contribution is 2.25. The van der Waals surface area contributed by atoms with Gasteiger partial charge in [-0.1, -0.05) is 11.6 Å². The Balaban J connectivity index is 1.56. The van der Waals surface area contributed by atoms with Crippen LogP contribution in [0.2, 0.25) is 5.02 Å². The first-order valence-electron chi connectivity index (χ1n) is 7.44. The standard InChI is InChI=1S/C17H15ClFN3O3/c1-22-12(6-7-21-22)9-20-17(23)16-5-3-13(25-16)10-24-15-4-2-11(19)8-14(15)18/h2-8H,9-10H2,1H3,(H,20,23). The van der Waals surface area contributed by atoms with Gasteiger partial charge >= 0.3 is 0 Å². The fourth-order valence-electron chi connectivity index (χ4n) is 2.15. The van der Waals surface area contributed by atoms with E-state index in [1.807, 2.05) is 6.07 Å². The minimum atomic E-state index is -0.442. The second-order valence-corrected chi connectivity index (χ2v) is 5.67. The largest absolute Gasteiger partial charge is 0.484 e. The number of carbonyl (C=O) groups excluding carboxylic acids is 1. The normalized spacial score (nSPS) is 10.7. The molecule has 130 valence electrons. The molecule has 0 aliphatic carbocycles. The predicted molar refractivity (Wildman–Crippen MR) is 88.8 cm³/mol. The molecule has 0 aliphatic rings. The van der Waals surface area contributed by atoms with Gasteiger partial charge in [-0.15, -0.1) is 0 Å². The summed E-state index contributed by atoms with van der Waals surface area (Å²) in [5, 5.41) is 6.94. The van der Waals surface area contributed by atoms with Gasteiger partial charge in [0, 0.05) is 13.2 Å². The molecule has 8 heteroatoms. The molecular formula is C17H15ClFN3O3. The lowest BCUT2D eigenvalue weighted by Gasteiger charge is -2.06. The van der Waals surface area contributed by atoms with Crippen molar-refractivity contribution in [2.75, 3.05) is 0 Å². The molecule has 0 bridgehead atoms. The number of benzene rings is 1. The second kappa shape index (κ2) is 7.40. The zero-order valence-electron chi connectivity index (χ0n) is 13.3. The van der Waals surface area contributed by atoms with Crippen molar-refractivity contribution in [2.45, 2.75) is 13.2 Å². The Kier molecular flexibility index (Phi) is 5.04. The number of hydrogen-bond acceptors (Lipinski definition) is 4. The number of nitrogens with zero attached hydrogens (tertiary/aromatic N) is 2. The molecule has 1 amide bonds. The van der Waals surface area contributed by atoms with Gasteiger partial charge in [0.25, 0.3) is 5.91 Å². The van der Waals surface area contributed by atoms with Crippen LogP contribution in [0.3, 0.4) is 0 Å². The topological polar surface area (TPSA) is 69.3 Å². The van der Waals surface area contributed by atoms with Gasteiger partial charge in [0.15, 0.2) is 5.76 Å². The van der Waals surface area contributed by atoms with Crippen LogP contribution >= 0.6 is 11.6 Å². The molecule has 1 aromatic carbocycles. The van der Waals surface area contributed by atoms with Crippen molar-refractivity contribution in [1.82, 2.24) is 15.1 Å². The van der Waals surface area contributed by atoms with Gasteiger partial charge in [-0.3, -0.25) is 9.48 Å². The van der Waals surface area contributed by atoms with Crippen LogP contribution in [0.15, 0.2) is 47.0 Å². The number of rotatable bonds is 6. The maximum absolute atomic E-state index is 13.0. The first-order valence-corrected chi connectivity index (χ1v) is 7.82. The van der Waals surface area contributed by atoms with Crippen LogP contribution in [-0.2, 0) is 20.2 Å². The highest BCUT2D eigenvalue weighted by Gasteiger charge is 2.12. The Morgan fingerprint density at radius 1 is 1.36 bits per heavy atom. The van der Waals surface area contributed by atoms with Crippen LogP contribution in [0, 0.1) is 5.82 Å². The molecule has 0 unspecified atom stereocenters. The molecule has 0 spiro atoms. The Labute approximate surface area is 148 Å². The summed E-state index contributed by atoms with van der Waals surface area (Å²) in [5.74, 6) is 0.175. The average Bonchev–Trinajstić information content (AvgIpc) is 3.21. The molecule has 0 aliphatic heterocycles. The molecule has 0 saturated heterocycles. The molecule has 2 aromatic heterocycles. The van der Waals surface area contributed by atoms with Crippen LogP contribution in [0.4, 0.5) is 4.39 Å². The maximum Gasteiger partial charge on any atom is 0.287 e. The first kappa shape index (κ1) is 17.0. The van der Waals surface area contributed by atoms with Crippen molar-refractivity contribution < 1.29 is 18.3 Å². The summed E-state index contributed by atoms with van der Waals surface area (Å²) in [6, 6.07) is 8.85. The molecule has 6 nitrogen and oxygen atoms in total. The van der Waals surface area contributed by atoms with Gasteiger partial charge in [-0.05, 0) is 36.4 Å². The van der Waals surface area contributed by atoms with Crippen molar-refractivity contribution in [1.29, 1.82) is 0 Å². The predicted octanol–water partition coefficient (Wildman–Crippen LogP) is 3.31. The Morgan fingerprint density at radius 2 is 2.20 bits per heavy atom. The molecule has 2 heterocycles. The first-order chi connectivity index (χ1) is 12.0. The summed E-state index contributed by atoms with van der Waals surface area (Å²) in [5.41, 5.74) is 0.870. The summed E-state index contributed by atoms with van der Waals surface area (Å²) >= 11 is 5.89. The smallest absolute Gasteiger partial charge is 0.287 e. The number of furan rings is 1. The highest BCUT2D eigenvalue weighted by molar-refractivity contribution is 6.32. The number of hydrogen-bond donors (Lipinski definition) is 1. The number of nitrogens with one attached hydrogen (secondary N) is 1. The minimum Gasteiger partial charge on any atom is -0.484 e. The van der Waals surface area contributed by atoms with E-state index in [0.717, 1.165) is 11.8 Å². The van der Waals surface area contributed by atoms with E-state index in [0.29, 0.717) is 18.1 Å². The van der Waals surface area contributed by atoms with Crippen molar-refractivity contribution in [3.8, 4) is 5.75 Å².